The van der Waals surface area contributed by atoms with Crippen LogP contribution < -0.4 is 0 Å². The third-order valence-electron chi connectivity index (χ3n) is 10.3. The van der Waals surface area contributed by atoms with Crippen LogP contribution in [0.25, 0.3) is 0 Å². The largest absolute Gasteiger partial charge is 0.462 e. The van der Waals surface area contributed by atoms with Crippen molar-refractivity contribution in [2.24, 2.45) is 0 Å². The fraction of sp³-hybridized carbons (Fsp3) is 0.907. The van der Waals surface area contributed by atoms with Crippen LogP contribution in [0.5, 0.6) is 0 Å². The van der Waals surface area contributed by atoms with Crippen molar-refractivity contribution in [2.45, 2.75) is 230 Å². The number of rotatable bonds is 37. The van der Waals surface area contributed by atoms with E-state index in [2.05, 4.69) is 26.0 Å². The van der Waals surface area contributed by atoms with Gasteiger partial charge in [-0.3, -0.25) is 14.1 Å². The standard InChI is InChI=1S/C43H80O12S/c1-3-5-7-9-11-13-15-17-18-20-21-23-25-27-29-31-38(44)52-33-36(34-53-43-42(48)41(47)40(46)37(55-43)35-56(49,50)51)54-39(45)32-30-28-26-24-22-19-16-14-12-10-8-6-4-2/h17-18,36-37,40-43,46-48H,3-16,19-35H2,1-2H3,(H,49,50,51)/b18-17-/t36?,37-,40-,41+,42-,43+/m1/s1. The van der Waals surface area contributed by atoms with Gasteiger partial charge in [0.15, 0.2) is 12.4 Å². The zero-order valence-corrected chi connectivity index (χ0v) is 35.8. The van der Waals surface area contributed by atoms with Gasteiger partial charge < -0.3 is 34.3 Å². The lowest BCUT2D eigenvalue weighted by atomic mass is 10.00. The van der Waals surface area contributed by atoms with E-state index in [1.54, 1.807) is 0 Å². The molecule has 0 radical (unpaired) electrons. The van der Waals surface area contributed by atoms with Crippen LogP contribution in [0.15, 0.2) is 12.2 Å². The average molecular weight is 821 g/mol. The molecule has 12 nitrogen and oxygen atoms in total. The van der Waals surface area contributed by atoms with Gasteiger partial charge >= 0.3 is 11.9 Å². The summed E-state index contributed by atoms with van der Waals surface area (Å²) >= 11 is 0. The summed E-state index contributed by atoms with van der Waals surface area (Å²) in [4.78, 5) is 25.3. The van der Waals surface area contributed by atoms with Gasteiger partial charge in [-0.15, -0.1) is 0 Å². The maximum absolute atomic E-state index is 12.8. The van der Waals surface area contributed by atoms with E-state index in [0.29, 0.717) is 12.8 Å². The summed E-state index contributed by atoms with van der Waals surface area (Å²) in [5.74, 6) is -1.98. The Labute approximate surface area is 339 Å². The molecule has 6 atom stereocenters. The molecule has 0 spiro atoms. The molecule has 13 heteroatoms. The number of aliphatic hydroxyl groups excluding tert-OH is 3. The van der Waals surface area contributed by atoms with Crippen molar-refractivity contribution in [1.82, 2.24) is 0 Å². The van der Waals surface area contributed by atoms with Gasteiger partial charge in [0.25, 0.3) is 10.1 Å². The van der Waals surface area contributed by atoms with Crippen LogP contribution in [0, 0.1) is 0 Å². The summed E-state index contributed by atoms with van der Waals surface area (Å²) in [5, 5.41) is 30.8. The third kappa shape index (κ3) is 28.7. The molecule has 4 N–H and O–H groups in total. The molecular formula is C43H80O12S. The second kappa shape index (κ2) is 34.3. The van der Waals surface area contributed by atoms with Crippen molar-refractivity contribution in [3.63, 3.8) is 0 Å². The van der Waals surface area contributed by atoms with Crippen LogP contribution in [-0.4, -0.2) is 96.0 Å². The van der Waals surface area contributed by atoms with Gasteiger partial charge in [0, 0.05) is 12.8 Å². The number of hydrogen-bond donors (Lipinski definition) is 4. The van der Waals surface area contributed by atoms with Gasteiger partial charge in [0.2, 0.25) is 0 Å². The third-order valence-corrected chi connectivity index (χ3v) is 11.1. The van der Waals surface area contributed by atoms with Gasteiger partial charge in [-0.05, 0) is 38.5 Å². The molecule has 56 heavy (non-hydrogen) atoms. The molecule has 1 aliphatic heterocycles. The van der Waals surface area contributed by atoms with Crippen LogP contribution in [0.4, 0.5) is 0 Å². The van der Waals surface area contributed by atoms with E-state index in [0.717, 1.165) is 57.8 Å². The first-order chi connectivity index (χ1) is 27.0. The Morgan fingerprint density at radius 2 is 1.02 bits per heavy atom. The summed E-state index contributed by atoms with van der Waals surface area (Å²) in [5.41, 5.74) is 0. The summed E-state index contributed by atoms with van der Waals surface area (Å²) in [6.45, 7) is 3.75. The lowest BCUT2D eigenvalue weighted by Gasteiger charge is -2.40. The molecular weight excluding hydrogens is 741 g/mol. The van der Waals surface area contributed by atoms with E-state index >= 15 is 0 Å². The Balaban J connectivity index is 2.46. The second-order valence-corrected chi connectivity index (χ2v) is 17.2. The lowest BCUT2D eigenvalue weighted by molar-refractivity contribution is -0.297. The van der Waals surface area contributed by atoms with E-state index in [1.807, 2.05) is 0 Å². The molecule has 0 amide bonds. The quantitative estimate of drug-likeness (QED) is 0.0203. The fourth-order valence-electron chi connectivity index (χ4n) is 6.85. The molecule has 1 saturated heterocycles. The van der Waals surface area contributed by atoms with Crippen LogP contribution in [-0.2, 0) is 38.7 Å². The monoisotopic (exact) mass is 821 g/mol. The zero-order valence-electron chi connectivity index (χ0n) is 35.0. The maximum atomic E-state index is 12.8. The Bertz CT molecular complexity index is 1100. The highest BCUT2D eigenvalue weighted by Gasteiger charge is 2.46. The second-order valence-electron chi connectivity index (χ2n) is 15.7. The smallest absolute Gasteiger partial charge is 0.306 e. The molecule has 1 heterocycles. The molecule has 330 valence electrons. The lowest BCUT2D eigenvalue weighted by Crippen LogP contribution is -2.60. The van der Waals surface area contributed by atoms with Crippen molar-refractivity contribution in [1.29, 1.82) is 0 Å². The molecule has 0 bridgehead atoms. The highest BCUT2D eigenvalue weighted by Crippen LogP contribution is 2.24. The van der Waals surface area contributed by atoms with Crippen LogP contribution >= 0.6 is 0 Å². The molecule has 1 fully saturated rings. The van der Waals surface area contributed by atoms with Gasteiger partial charge in [0.1, 0.15) is 36.8 Å². The molecule has 0 aromatic heterocycles. The first-order valence-electron chi connectivity index (χ1n) is 22.2. The predicted octanol–water partition coefficient (Wildman–Crippen LogP) is 8.67. The average Bonchev–Trinajstić information content (AvgIpc) is 3.16. The first-order valence-corrected chi connectivity index (χ1v) is 23.9. The molecule has 1 aliphatic rings. The molecule has 1 unspecified atom stereocenters. The number of carbonyl (C=O) groups is 2. The number of unbranched alkanes of at least 4 members (excludes halogenated alkanes) is 23. The van der Waals surface area contributed by atoms with E-state index in [1.165, 1.54) is 96.3 Å². The van der Waals surface area contributed by atoms with Gasteiger partial charge in [-0.2, -0.15) is 8.42 Å². The number of allylic oxidation sites excluding steroid dienone is 2. The van der Waals surface area contributed by atoms with E-state index < -0.39 is 71.2 Å². The predicted molar refractivity (Wildman–Crippen MR) is 220 cm³/mol. The van der Waals surface area contributed by atoms with Crippen LogP contribution in [0.1, 0.15) is 194 Å². The van der Waals surface area contributed by atoms with Crippen molar-refractivity contribution in [3.05, 3.63) is 12.2 Å². The van der Waals surface area contributed by atoms with Gasteiger partial charge in [0.05, 0.1) is 6.61 Å². The van der Waals surface area contributed by atoms with Gasteiger partial charge in [-0.1, -0.05) is 154 Å². The molecule has 1 rings (SSSR count). The van der Waals surface area contributed by atoms with Crippen LogP contribution in [0.3, 0.4) is 0 Å². The summed E-state index contributed by atoms with van der Waals surface area (Å²) in [7, 11) is -4.60. The normalized spacial score (nSPS) is 20.7. The SMILES string of the molecule is CCCCCCCC/C=C\CCCCCCCC(=O)OCC(CO[C@H]1O[C@H](CS(=O)(=O)O)[C@@H](O)[C@H](O)[C@H]1O)OC(=O)CCCCCCCCCCCCCCC. The highest BCUT2D eigenvalue weighted by molar-refractivity contribution is 7.85. The van der Waals surface area contributed by atoms with Crippen molar-refractivity contribution in [2.75, 3.05) is 19.0 Å². The Kier molecular flexibility index (Phi) is 32.1. The highest BCUT2D eigenvalue weighted by atomic mass is 32.2. The molecule has 0 saturated carbocycles. The van der Waals surface area contributed by atoms with Crippen molar-refractivity contribution < 1.29 is 56.8 Å². The number of aliphatic hydroxyl groups is 3. The minimum absolute atomic E-state index is 0.168. The molecule has 0 aliphatic carbocycles. The van der Waals surface area contributed by atoms with Crippen molar-refractivity contribution >= 4 is 22.1 Å². The zero-order chi connectivity index (χ0) is 41.3. The molecule has 0 aromatic rings. The maximum Gasteiger partial charge on any atom is 0.306 e. The number of carbonyl (C=O) groups excluding carboxylic acids is 2. The fourth-order valence-corrected chi connectivity index (χ4v) is 7.54. The Morgan fingerprint density at radius 3 is 1.48 bits per heavy atom. The number of hydrogen-bond acceptors (Lipinski definition) is 11. The van der Waals surface area contributed by atoms with Crippen molar-refractivity contribution in [3.8, 4) is 0 Å². The van der Waals surface area contributed by atoms with Crippen LogP contribution in [0.2, 0.25) is 0 Å². The first kappa shape index (κ1) is 52.4. The van der Waals surface area contributed by atoms with E-state index in [4.69, 9.17) is 18.9 Å². The van der Waals surface area contributed by atoms with E-state index in [-0.39, 0.29) is 19.4 Å². The summed E-state index contributed by atoms with van der Waals surface area (Å²) < 4.78 is 54.0. The van der Waals surface area contributed by atoms with E-state index in [9.17, 15) is 37.9 Å². The number of esters is 2. The topological polar surface area (TPSA) is 186 Å². The minimum Gasteiger partial charge on any atom is -0.462 e. The summed E-state index contributed by atoms with van der Waals surface area (Å²) in [6.07, 6.45) is 25.4. The Hall–Kier alpha value is -1.61. The Morgan fingerprint density at radius 1 is 0.589 bits per heavy atom. The number of ether oxygens (including phenoxy) is 4. The summed E-state index contributed by atoms with van der Waals surface area (Å²) in [6, 6.07) is 0. The molecule has 0 aromatic carbocycles. The minimum atomic E-state index is -4.60. The van der Waals surface area contributed by atoms with Gasteiger partial charge in [-0.25, -0.2) is 0 Å².